The molecule has 1 aromatic carbocycles. The van der Waals surface area contributed by atoms with Gasteiger partial charge in [-0.25, -0.2) is 0 Å². The van der Waals surface area contributed by atoms with Gasteiger partial charge in [0.15, 0.2) is 0 Å². The van der Waals surface area contributed by atoms with Crippen LogP contribution in [0.3, 0.4) is 0 Å². The number of amides is 1. The molecule has 0 bridgehead atoms. The Balaban J connectivity index is 2.41. The molecule has 0 unspecified atom stereocenters. The molecule has 0 N–H and O–H groups in total. The second kappa shape index (κ2) is 5.94. The monoisotopic (exact) mass is 313 g/mol. The second-order valence-electron chi connectivity index (χ2n) is 6.54. The first-order chi connectivity index (χ1) is 10.2. The summed E-state index contributed by atoms with van der Waals surface area (Å²) >= 11 is 0. The van der Waals surface area contributed by atoms with E-state index < -0.39 is 17.2 Å². The van der Waals surface area contributed by atoms with E-state index in [0.29, 0.717) is 18.7 Å². The van der Waals surface area contributed by atoms with Gasteiger partial charge in [-0.15, -0.1) is 0 Å². The summed E-state index contributed by atoms with van der Waals surface area (Å²) in [5, 5.41) is 0. The van der Waals surface area contributed by atoms with E-state index >= 15 is 0 Å². The summed E-state index contributed by atoms with van der Waals surface area (Å²) in [5.74, 6) is -0.0883. The normalized spacial score (nSPS) is 15.6. The van der Waals surface area contributed by atoms with Crippen LogP contribution in [0.15, 0.2) is 18.2 Å². The summed E-state index contributed by atoms with van der Waals surface area (Å²) in [4.78, 5) is 14.3. The van der Waals surface area contributed by atoms with E-state index in [9.17, 15) is 18.0 Å². The zero-order valence-corrected chi connectivity index (χ0v) is 13.3. The molecule has 0 spiro atoms. The summed E-state index contributed by atoms with van der Waals surface area (Å²) in [6, 6.07) is 3.73. The average Bonchev–Trinajstić information content (AvgIpc) is 2.44. The minimum absolute atomic E-state index is 0.0883. The molecule has 0 aromatic heterocycles. The lowest BCUT2D eigenvalue weighted by atomic mass is 9.85. The average molecular weight is 313 g/mol. The van der Waals surface area contributed by atoms with Gasteiger partial charge in [0.2, 0.25) is 5.91 Å². The van der Waals surface area contributed by atoms with Crippen molar-refractivity contribution in [2.75, 3.05) is 11.4 Å². The fourth-order valence-electron chi connectivity index (χ4n) is 3.06. The topological polar surface area (TPSA) is 20.3 Å². The molecule has 5 heteroatoms. The van der Waals surface area contributed by atoms with E-state index in [-0.39, 0.29) is 5.91 Å². The van der Waals surface area contributed by atoms with Gasteiger partial charge in [-0.2, -0.15) is 13.2 Å². The molecule has 122 valence electrons. The Hall–Kier alpha value is -1.52. The molecule has 1 heterocycles. The van der Waals surface area contributed by atoms with Crippen LogP contribution in [0.2, 0.25) is 0 Å². The van der Waals surface area contributed by atoms with Crippen molar-refractivity contribution in [3.8, 4) is 0 Å². The van der Waals surface area contributed by atoms with Gasteiger partial charge < -0.3 is 4.90 Å². The van der Waals surface area contributed by atoms with Crippen molar-refractivity contribution < 1.29 is 18.0 Å². The third-order valence-electron chi connectivity index (χ3n) is 4.23. The van der Waals surface area contributed by atoms with Crippen LogP contribution in [-0.2, 0) is 17.4 Å². The van der Waals surface area contributed by atoms with E-state index in [1.165, 1.54) is 6.07 Å². The highest BCUT2D eigenvalue weighted by Crippen LogP contribution is 2.37. The van der Waals surface area contributed by atoms with Crippen LogP contribution in [0, 0.1) is 5.41 Å². The van der Waals surface area contributed by atoms with Gasteiger partial charge in [-0.3, -0.25) is 4.79 Å². The maximum atomic E-state index is 12.9. The number of hydrogen-bond donors (Lipinski definition) is 0. The van der Waals surface area contributed by atoms with Crippen LogP contribution in [0.4, 0.5) is 18.9 Å². The van der Waals surface area contributed by atoms with Gasteiger partial charge in [0.1, 0.15) is 0 Å². The molecule has 0 atom stereocenters. The first-order valence-electron chi connectivity index (χ1n) is 7.69. The maximum absolute atomic E-state index is 12.9. The molecule has 2 nitrogen and oxygen atoms in total. The molecule has 0 saturated heterocycles. The van der Waals surface area contributed by atoms with Crippen molar-refractivity contribution >= 4 is 11.6 Å². The number of alkyl halides is 3. The third-order valence-corrected chi connectivity index (χ3v) is 4.23. The van der Waals surface area contributed by atoms with Gasteiger partial charge in [0.05, 0.1) is 5.56 Å². The van der Waals surface area contributed by atoms with Crippen molar-refractivity contribution in [1.29, 1.82) is 0 Å². The summed E-state index contributed by atoms with van der Waals surface area (Å²) in [7, 11) is 0. The molecular formula is C17H22F3NO. The Morgan fingerprint density at radius 3 is 2.55 bits per heavy atom. The zero-order valence-electron chi connectivity index (χ0n) is 13.3. The fraction of sp³-hybridized carbons (Fsp3) is 0.588. The molecule has 0 aliphatic carbocycles. The number of nitrogens with zero attached hydrogens (tertiary/aromatic N) is 1. The zero-order chi connectivity index (χ0) is 16.5. The van der Waals surface area contributed by atoms with Gasteiger partial charge >= 0.3 is 6.18 Å². The first-order valence-corrected chi connectivity index (χ1v) is 7.69. The molecule has 1 aliphatic heterocycles. The number of hydrogen-bond acceptors (Lipinski definition) is 1. The van der Waals surface area contributed by atoms with Crippen LogP contribution in [0.1, 0.15) is 51.2 Å². The minimum atomic E-state index is -4.39. The van der Waals surface area contributed by atoms with Crippen molar-refractivity contribution in [2.24, 2.45) is 5.41 Å². The molecule has 1 amide bonds. The highest BCUT2D eigenvalue weighted by Gasteiger charge is 2.36. The van der Waals surface area contributed by atoms with Gasteiger partial charge in [-0.05, 0) is 37.0 Å². The highest BCUT2D eigenvalue weighted by molar-refractivity contribution is 5.98. The lowest BCUT2D eigenvalue weighted by molar-refractivity contribution is -0.137. The molecule has 2 rings (SSSR count). The number of benzene rings is 1. The quantitative estimate of drug-likeness (QED) is 0.784. The molecule has 0 radical (unpaired) electrons. The van der Waals surface area contributed by atoms with E-state index in [4.69, 9.17) is 0 Å². The smallest absolute Gasteiger partial charge is 0.312 e. The van der Waals surface area contributed by atoms with Crippen molar-refractivity contribution in [2.45, 2.75) is 52.6 Å². The molecule has 1 aliphatic rings. The van der Waals surface area contributed by atoms with Crippen LogP contribution >= 0.6 is 0 Å². The lowest BCUT2D eigenvalue weighted by Gasteiger charge is -2.36. The van der Waals surface area contributed by atoms with E-state index in [1.807, 2.05) is 20.8 Å². The first kappa shape index (κ1) is 16.8. The Morgan fingerprint density at radius 1 is 1.27 bits per heavy atom. The van der Waals surface area contributed by atoms with Crippen LogP contribution < -0.4 is 4.90 Å². The number of carbonyl (C=O) groups excluding carboxylic acids is 1. The Labute approximate surface area is 129 Å². The van der Waals surface area contributed by atoms with Crippen molar-refractivity contribution in [1.82, 2.24) is 0 Å². The third kappa shape index (κ3) is 3.28. The Bertz CT molecular complexity index is 564. The number of fused-ring (bicyclic) bond motifs is 1. The van der Waals surface area contributed by atoms with Crippen molar-refractivity contribution in [3.05, 3.63) is 29.3 Å². The Morgan fingerprint density at radius 2 is 1.95 bits per heavy atom. The van der Waals surface area contributed by atoms with E-state index in [0.717, 1.165) is 37.0 Å². The minimum Gasteiger partial charge on any atom is -0.312 e. The number of aryl methyl sites for hydroxylation is 1. The summed E-state index contributed by atoms with van der Waals surface area (Å²) < 4.78 is 38.8. The SMILES string of the molecule is CCCC(C)(C)C(=O)N1CCCc2ccc(C(F)(F)F)cc21. The van der Waals surface area contributed by atoms with Crippen LogP contribution in [0.25, 0.3) is 0 Å². The van der Waals surface area contributed by atoms with Gasteiger partial charge in [-0.1, -0.05) is 33.3 Å². The molecule has 1 aromatic rings. The predicted molar refractivity (Wildman–Crippen MR) is 80.8 cm³/mol. The van der Waals surface area contributed by atoms with Crippen LogP contribution in [0.5, 0.6) is 0 Å². The molecular weight excluding hydrogens is 291 g/mol. The Kier molecular flexibility index (Phi) is 4.54. The molecule has 0 fully saturated rings. The number of rotatable bonds is 3. The highest BCUT2D eigenvalue weighted by atomic mass is 19.4. The van der Waals surface area contributed by atoms with E-state index in [1.54, 1.807) is 4.90 Å². The summed E-state index contributed by atoms with van der Waals surface area (Å²) in [5.41, 5.74) is -0.00757. The van der Waals surface area contributed by atoms with Gasteiger partial charge in [0, 0.05) is 17.6 Å². The predicted octanol–water partition coefficient (Wildman–Crippen LogP) is 4.81. The fourth-order valence-corrected chi connectivity index (χ4v) is 3.06. The largest absolute Gasteiger partial charge is 0.416 e. The molecule has 22 heavy (non-hydrogen) atoms. The number of carbonyl (C=O) groups is 1. The maximum Gasteiger partial charge on any atom is 0.416 e. The van der Waals surface area contributed by atoms with Crippen molar-refractivity contribution in [3.63, 3.8) is 0 Å². The van der Waals surface area contributed by atoms with Crippen LogP contribution in [-0.4, -0.2) is 12.5 Å². The van der Waals surface area contributed by atoms with Gasteiger partial charge in [0.25, 0.3) is 0 Å². The summed E-state index contributed by atoms with van der Waals surface area (Å²) in [6.45, 7) is 6.21. The summed E-state index contributed by atoms with van der Waals surface area (Å²) in [6.07, 6.45) is -1.31. The van der Waals surface area contributed by atoms with E-state index in [2.05, 4.69) is 0 Å². The molecule has 0 saturated carbocycles. The lowest BCUT2D eigenvalue weighted by Crippen LogP contribution is -2.43. The standard InChI is InChI=1S/C17H22F3NO/c1-4-9-16(2,3)15(22)21-10-5-6-12-7-8-13(11-14(12)21)17(18,19)20/h7-8,11H,4-6,9-10H2,1-3H3. The second-order valence-corrected chi connectivity index (χ2v) is 6.54. The number of halogens is 3. The number of anilines is 1.